The number of halogens is 2. The molecule has 0 aliphatic rings. The number of aliphatic hydroxyl groups excluding tert-OH is 1. The first-order valence-corrected chi connectivity index (χ1v) is 16.5. The highest BCUT2D eigenvalue weighted by molar-refractivity contribution is 7.89. The van der Waals surface area contributed by atoms with E-state index in [9.17, 15) is 31.9 Å². The van der Waals surface area contributed by atoms with Gasteiger partial charge in [-0.25, -0.2) is 22.3 Å². The number of carbonyl (C=O) groups is 2. The molecule has 0 bridgehead atoms. The van der Waals surface area contributed by atoms with Crippen molar-refractivity contribution in [2.45, 2.75) is 63.5 Å². The molecular weight excluding hydrogens is 602 g/mol. The Hall–Kier alpha value is -3.71. The summed E-state index contributed by atoms with van der Waals surface area (Å²) >= 11 is 0. The van der Waals surface area contributed by atoms with Gasteiger partial charge in [0.1, 0.15) is 11.6 Å². The molecule has 3 rings (SSSR count). The highest BCUT2D eigenvalue weighted by Gasteiger charge is 2.25. The first-order valence-electron chi connectivity index (χ1n) is 14.9. The summed E-state index contributed by atoms with van der Waals surface area (Å²) in [7, 11) is -3.88. The average molecular weight is 645 g/mol. The first kappa shape index (κ1) is 35.8. The van der Waals surface area contributed by atoms with Crippen molar-refractivity contribution in [3.8, 4) is 0 Å². The summed E-state index contributed by atoms with van der Waals surface area (Å²) in [4.78, 5) is 30.4. The molecule has 0 fully saturated rings. The average Bonchev–Trinajstić information content (AvgIpc) is 2.97. The summed E-state index contributed by atoms with van der Waals surface area (Å²) in [5.74, 6) is -2.16. The molecule has 9 nitrogen and oxygen atoms in total. The van der Waals surface area contributed by atoms with Crippen LogP contribution >= 0.6 is 0 Å². The number of carbonyl (C=O) groups excluding carboxylic acids is 2. The van der Waals surface area contributed by atoms with Crippen LogP contribution in [0.5, 0.6) is 0 Å². The lowest BCUT2D eigenvalue weighted by Crippen LogP contribution is -2.47. The van der Waals surface area contributed by atoms with Crippen molar-refractivity contribution in [3.63, 3.8) is 0 Å². The maximum Gasteiger partial charge on any atom is 0.253 e. The van der Waals surface area contributed by atoms with Crippen molar-refractivity contribution in [2.75, 3.05) is 26.2 Å². The Bertz CT molecular complexity index is 1560. The Kier molecular flexibility index (Phi) is 12.7. The maximum absolute atomic E-state index is 14.0. The zero-order valence-corrected chi connectivity index (χ0v) is 26.7. The van der Waals surface area contributed by atoms with E-state index in [1.54, 1.807) is 42.2 Å². The molecule has 0 aliphatic heterocycles. The third kappa shape index (κ3) is 10.4. The predicted octanol–water partition coefficient (Wildman–Crippen LogP) is 3.80. The van der Waals surface area contributed by atoms with Gasteiger partial charge in [0.15, 0.2) is 0 Å². The summed E-state index contributed by atoms with van der Waals surface area (Å²) in [5, 5.41) is 16.2. The molecule has 0 heterocycles. The van der Waals surface area contributed by atoms with Crippen LogP contribution in [0.15, 0.2) is 65.6 Å². The van der Waals surface area contributed by atoms with Crippen LogP contribution in [0.2, 0.25) is 0 Å². The number of rotatable bonds is 15. The minimum Gasteiger partial charge on any atom is -0.390 e. The maximum atomic E-state index is 14.0. The first-order chi connectivity index (χ1) is 21.2. The highest BCUT2D eigenvalue weighted by Crippen LogP contribution is 2.18. The van der Waals surface area contributed by atoms with Gasteiger partial charge in [-0.3, -0.25) is 9.59 Å². The highest BCUT2D eigenvalue weighted by atomic mass is 32.2. The molecule has 45 heavy (non-hydrogen) atoms. The summed E-state index contributed by atoms with van der Waals surface area (Å²) in [6.45, 7) is 6.84. The van der Waals surface area contributed by atoms with Crippen LogP contribution in [0.4, 0.5) is 8.78 Å². The number of hydrogen-bond donors (Lipinski definition) is 3. The van der Waals surface area contributed by atoms with E-state index < -0.39 is 39.7 Å². The zero-order chi connectivity index (χ0) is 33.3. The molecular formula is C33H42F2N4O5S. The third-order valence-electron chi connectivity index (χ3n) is 7.35. The Balaban J connectivity index is 1.89. The van der Waals surface area contributed by atoms with Gasteiger partial charge in [-0.1, -0.05) is 26.0 Å². The SMILES string of the molecule is CCCN(CCC)C(=O)c1cc(C)cc(C(=O)N(CCc2ccc(S(N)(=O)=O)cc2)C[C@@H](O)[C@@H](N)Cc2cc(F)cc(F)c2)c1. The lowest BCUT2D eigenvalue weighted by Gasteiger charge is -2.29. The fourth-order valence-electron chi connectivity index (χ4n) is 5.13. The normalized spacial score (nSPS) is 12.9. The standard InChI is InChI=1S/C33H42F2N4O5S/c1-4-11-38(12-5-2)32(41)25-14-22(3)15-26(19-25)33(42)39(13-10-23-6-8-29(9-7-23)45(37,43)44)21-31(40)30(36)18-24-16-27(34)20-28(35)17-24/h6-9,14-17,19-20,30-31,40H,4-5,10-13,18,21,36H2,1-3H3,(H2,37,43,44)/t30-,31+/m0/s1. The molecule has 244 valence electrons. The molecule has 0 saturated heterocycles. The molecule has 5 N–H and O–H groups in total. The second-order valence-corrected chi connectivity index (χ2v) is 12.8. The van der Waals surface area contributed by atoms with Crippen LogP contribution in [0, 0.1) is 18.6 Å². The topological polar surface area (TPSA) is 147 Å². The smallest absolute Gasteiger partial charge is 0.253 e. The van der Waals surface area contributed by atoms with E-state index in [1.165, 1.54) is 17.0 Å². The second kappa shape index (κ2) is 16.0. The fraction of sp³-hybridized carbons (Fsp3) is 0.394. The summed E-state index contributed by atoms with van der Waals surface area (Å²) in [6, 6.07) is 12.9. The number of nitrogens with zero attached hydrogens (tertiary/aromatic N) is 2. The number of amides is 2. The monoisotopic (exact) mass is 644 g/mol. The lowest BCUT2D eigenvalue weighted by atomic mass is 10.00. The quantitative estimate of drug-likeness (QED) is 0.229. The Morgan fingerprint density at radius 2 is 1.36 bits per heavy atom. The van der Waals surface area contributed by atoms with Gasteiger partial charge in [0.05, 0.1) is 11.0 Å². The third-order valence-corrected chi connectivity index (χ3v) is 8.28. The molecule has 0 radical (unpaired) electrons. The van der Waals surface area contributed by atoms with Gasteiger partial charge in [-0.05, 0) is 91.8 Å². The van der Waals surface area contributed by atoms with Crippen LogP contribution < -0.4 is 10.9 Å². The molecule has 12 heteroatoms. The number of hydrogen-bond acceptors (Lipinski definition) is 6. The van der Waals surface area contributed by atoms with E-state index in [-0.39, 0.29) is 41.4 Å². The molecule has 2 atom stereocenters. The van der Waals surface area contributed by atoms with Crippen molar-refractivity contribution in [2.24, 2.45) is 10.9 Å². The van der Waals surface area contributed by atoms with E-state index in [1.807, 2.05) is 13.8 Å². The van der Waals surface area contributed by atoms with E-state index in [2.05, 4.69) is 0 Å². The van der Waals surface area contributed by atoms with Crippen LogP contribution in [-0.4, -0.2) is 73.5 Å². The van der Waals surface area contributed by atoms with Crippen LogP contribution in [0.3, 0.4) is 0 Å². The number of aliphatic hydroxyl groups is 1. The lowest BCUT2D eigenvalue weighted by molar-refractivity contribution is 0.0576. The Labute approximate surface area is 263 Å². The molecule has 0 aromatic heterocycles. The van der Waals surface area contributed by atoms with Crippen molar-refractivity contribution < 1.29 is 31.9 Å². The largest absolute Gasteiger partial charge is 0.390 e. The molecule has 0 spiro atoms. The van der Waals surface area contributed by atoms with Crippen molar-refractivity contribution in [3.05, 3.63) is 100 Å². The number of nitrogens with two attached hydrogens (primary N) is 2. The van der Waals surface area contributed by atoms with Crippen LogP contribution in [0.1, 0.15) is 64.1 Å². The van der Waals surface area contributed by atoms with Crippen molar-refractivity contribution >= 4 is 21.8 Å². The molecule has 2 amide bonds. The summed E-state index contributed by atoms with van der Waals surface area (Å²) in [6.07, 6.45) is 0.568. The van der Waals surface area contributed by atoms with Gasteiger partial charge in [0.2, 0.25) is 10.0 Å². The molecule has 0 unspecified atom stereocenters. The number of benzene rings is 3. The Morgan fingerprint density at radius 3 is 1.87 bits per heavy atom. The van der Waals surface area contributed by atoms with E-state index >= 15 is 0 Å². The van der Waals surface area contributed by atoms with Crippen molar-refractivity contribution in [1.82, 2.24) is 9.80 Å². The van der Waals surface area contributed by atoms with E-state index in [0.717, 1.165) is 31.0 Å². The van der Waals surface area contributed by atoms with Gasteiger partial charge >= 0.3 is 0 Å². The predicted molar refractivity (Wildman–Crippen MR) is 169 cm³/mol. The minimum absolute atomic E-state index is 0.0410. The fourth-order valence-corrected chi connectivity index (χ4v) is 5.65. The van der Waals surface area contributed by atoms with Crippen LogP contribution in [-0.2, 0) is 22.9 Å². The molecule has 3 aromatic carbocycles. The Morgan fingerprint density at radius 1 is 0.822 bits per heavy atom. The second-order valence-electron chi connectivity index (χ2n) is 11.3. The zero-order valence-electron chi connectivity index (χ0n) is 25.9. The number of sulfonamides is 1. The summed E-state index contributed by atoms with van der Waals surface area (Å²) < 4.78 is 50.7. The van der Waals surface area contributed by atoms with E-state index in [0.29, 0.717) is 36.2 Å². The van der Waals surface area contributed by atoms with E-state index in [4.69, 9.17) is 10.9 Å². The van der Waals surface area contributed by atoms with Gasteiger partial charge in [-0.15, -0.1) is 0 Å². The summed E-state index contributed by atoms with van der Waals surface area (Å²) in [5.41, 5.74) is 8.54. The number of aryl methyl sites for hydroxylation is 1. The minimum atomic E-state index is -3.88. The molecule has 0 aliphatic carbocycles. The van der Waals surface area contributed by atoms with Gasteiger partial charge in [0, 0.05) is 49.4 Å². The molecule has 3 aromatic rings. The van der Waals surface area contributed by atoms with Gasteiger partial charge < -0.3 is 20.6 Å². The van der Waals surface area contributed by atoms with Gasteiger partial charge in [-0.2, -0.15) is 0 Å². The van der Waals surface area contributed by atoms with Gasteiger partial charge in [0.25, 0.3) is 11.8 Å². The molecule has 0 saturated carbocycles. The van der Waals surface area contributed by atoms with Crippen LogP contribution in [0.25, 0.3) is 0 Å². The number of primary sulfonamides is 1. The van der Waals surface area contributed by atoms with Crippen molar-refractivity contribution in [1.29, 1.82) is 0 Å².